The lowest BCUT2D eigenvalue weighted by molar-refractivity contribution is 0.276. The Morgan fingerprint density at radius 1 is 1.50 bits per heavy atom. The van der Waals surface area contributed by atoms with Crippen LogP contribution in [-0.2, 0) is 6.42 Å². The fraction of sp³-hybridized carbons (Fsp3) is 0.455. The predicted octanol–water partition coefficient (Wildman–Crippen LogP) is 2.56. The molecule has 1 aliphatic rings. The quantitative estimate of drug-likeness (QED) is 0.852. The molecule has 3 heteroatoms. The molecule has 0 fully saturated rings. The maximum atomic E-state index is 8.87. The molecule has 0 spiro atoms. The molecule has 2 N–H and O–H groups in total. The van der Waals surface area contributed by atoms with Gasteiger partial charge in [-0.2, -0.15) is 0 Å². The number of rotatable bonds is 2. The van der Waals surface area contributed by atoms with Crippen molar-refractivity contribution in [3.8, 4) is 0 Å². The van der Waals surface area contributed by atoms with Crippen LogP contribution in [0, 0.1) is 0 Å². The van der Waals surface area contributed by atoms with Gasteiger partial charge in [0.05, 0.1) is 0 Å². The van der Waals surface area contributed by atoms with Crippen LogP contribution in [0.25, 0.3) is 0 Å². The second-order valence-electron chi connectivity index (χ2n) is 3.69. The first-order valence-corrected chi connectivity index (χ1v) is 5.74. The molecule has 0 unspecified atom stereocenters. The molecule has 14 heavy (non-hydrogen) atoms. The number of aliphatic hydroxyl groups is 1. The SMILES string of the molecule is OCC[C@H]1CCc2ccc(Br)cc2N1. The summed E-state index contributed by atoms with van der Waals surface area (Å²) in [5, 5.41) is 12.3. The van der Waals surface area contributed by atoms with Crippen LogP contribution in [0.5, 0.6) is 0 Å². The summed E-state index contributed by atoms with van der Waals surface area (Å²) in [7, 11) is 0. The highest BCUT2D eigenvalue weighted by molar-refractivity contribution is 9.10. The Kier molecular flexibility index (Phi) is 3.08. The molecule has 2 rings (SSSR count). The Hall–Kier alpha value is -0.540. The highest BCUT2D eigenvalue weighted by Crippen LogP contribution is 2.28. The monoisotopic (exact) mass is 255 g/mol. The molecule has 1 heterocycles. The number of nitrogens with one attached hydrogen (secondary N) is 1. The number of halogens is 1. The van der Waals surface area contributed by atoms with Crippen molar-refractivity contribution in [3.05, 3.63) is 28.2 Å². The number of benzene rings is 1. The largest absolute Gasteiger partial charge is 0.396 e. The van der Waals surface area contributed by atoms with Gasteiger partial charge in [0.25, 0.3) is 0 Å². The molecule has 1 aromatic rings. The van der Waals surface area contributed by atoms with Crippen molar-refractivity contribution in [1.82, 2.24) is 0 Å². The number of fused-ring (bicyclic) bond motifs is 1. The maximum Gasteiger partial charge on any atom is 0.0450 e. The molecule has 2 nitrogen and oxygen atoms in total. The molecule has 0 aliphatic carbocycles. The van der Waals surface area contributed by atoms with Crippen LogP contribution in [0.1, 0.15) is 18.4 Å². The van der Waals surface area contributed by atoms with Gasteiger partial charge in [-0.15, -0.1) is 0 Å². The molecule has 0 radical (unpaired) electrons. The Morgan fingerprint density at radius 3 is 3.14 bits per heavy atom. The third-order valence-electron chi connectivity index (χ3n) is 2.67. The van der Waals surface area contributed by atoms with Crippen LogP contribution in [0.2, 0.25) is 0 Å². The number of anilines is 1. The molecule has 1 aliphatic heterocycles. The van der Waals surface area contributed by atoms with E-state index in [9.17, 15) is 0 Å². The fourth-order valence-electron chi connectivity index (χ4n) is 1.90. The van der Waals surface area contributed by atoms with E-state index in [2.05, 4.69) is 39.4 Å². The first-order valence-electron chi connectivity index (χ1n) is 4.95. The number of hydrogen-bond donors (Lipinski definition) is 2. The van der Waals surface area contributed by atoms with Crippen molar-refractivity contribution in [2.75, 3.05) is 11.9 Å². The second-order valence-corrected chi connectivity index (χ2v) is 4.61. The first-order chi connectivity index (χ1) is 6.79. The molecular weight excluding hydrogens is 242 g/mol. The minimum Gasteiger partial charge on any atom is -0.396 e. The Labute approximate surface area is 92.5 Å². The summed E-state index contributed by atoms with van der Waals surface area (Å²) < 4.78 is 1.10. The Morgan fingerprint density at radius 2 is 2.36 bits per heavy atom. The van der Waals surface area contributed by atoms with Crippen molar-refractivity contribution >= 4 is 21.6 Å². The lowest BCUT2D eigenvalue weighted by Crippen LogP contribution is -2.26. The van der Waals surface area contributed by atoms with Crippen LogP contribution >= 0.6 is 15.9 Å². The number of aliphatic hydroxyl groups excluding tert-OH is 1. The van der Waals surface area contributed by atoms with Gasteiger partial charge in [0.15, 0.2) is 0 Å². The summed E-state index contributed by atoms with van der Waals surface area (Å²) in [6.45, 7) is 0.265. The summed E-state index contributed by atoms with van der Waals surface area (Å²) in [5.41, 5.74) is 2.59. The van der Waals surface area contributed by atoms with E-state index in [0.29, 0.717) is 6.04 Å². The third kappa shape index (κ3) is 2.10. The highest BCUT2D eigenvalue weighted by Gasteiger charge is 2.16. The van der Waals surface area contributed by atoms with Gasteiger partial charge in [0, 0.05) is 22.8 Å². The van der Waals surface area contributed by atoms with Crippen LogP contribution in [0.15, 0.2) is 22.7 Å². The van der Waals surface area contributed by atoms with Gasteiger partial charge in [0.1, 0.15) is 0 Å². The van der Waals surface area contributed by atoms with E-state index in [1.54, 1.807) is 0 Å². The summed E-state index contributed by atoms with van der Waals surface area (Å²) >= 11 is 3.46. The molecule has 0 saturated heterocycles. The van der Waals surface area contributed by atoms with E-state index in [-0.39, 0.29) is 6.61 Å². The van der Waals surface area contributed by atoms with Crippen molar-refractivity contribution in [3.63, 3.8) is 0 Å². The van der Waals surface area contributed by atoms with Gasteiger partial charge in [-0.05, 0) is 37.0 Å². The first kappa shape index (κ1) is 9.99. The van der Waals surface area contributed by atoms with Gasteiger partial charge in [-0.3, -0.25) is 0 Å². The van der Waals surface area contributed by atoms with Gasteiger partial charge in [0.2, 0.25) is 0 Å². The van der Waals surface area contributed by atoms with Crippen LogP contribution < -0.4 is 5.32 Å². The topological polar surface area (TPSA) is 32.3 Å². The molecule has 0 amide bonds. The van der Waals surface area contributed by atoms with Gasteiger partial charge in [-0.1, -0.05) is 22.0 Å². The van der Waals surface area contributed by atoms with Crippen LogP contribution in [-0.4, -0.2) is 17.8 Å². The van der Waals surface area contributed by atoms with Crippen molar-refractivity contribution in [2.24, 2.45) is 0 Å². The molecule has 0 aromatic heterocycles. The van der Waals surface area contributed by atoms with Crippen LogP contribution in [0.4, 0.5) is 5.69 Å². The maximum absolute atomic E-state index is 8.87. The molecule has 0 saturated carbocycles. The lowest BCUT2D eigenvalue weighted by Gasteiger charge is -2.26. The van der Waals surface area contributed by atoms with E-state index >= 15 is 0 Å². The summed E-state index contributed by atoms with van der Waals surface area (Å²) in [6.07, 6.45) is 3.07. The fourth-order valence-corrected chi connectivity index (χ4v) is 2.26. The molecule has 1 atom stereocenters. The van der Waals surface area contributed by atoms with Gasteiger partial charge >= 0.3 is 0 Å². The average molecular weight is 256 g/mol. The summed E-state index contributed by atoms with van der Waals surface area (Å²) in [5.74, 6) is 0. The predicted molar refractivity (Wildman–Crippen MR) is 61.6 cm³/mol. The average Bonchev–Trinajstić information content (AvgIpc) is 2.17. The Balaban J connectivity index is 2.16. The van der Waals surface area contributed by atoms with E-state index in [1.807, 2.05) is 0 Å². The van der Waals surface area contributed by atoms with E-state index in [1.165, 1.54) is 11.3 Å². The molecular formula is C11H14BrNO. The summed E-state index contributed by atoms with van der Waals surface area (Å²) in [4.78, 5) is 0. The zero-order valence-corrected chi connectivity index (χ0v) is 9.55. The van der Waals surface area contributed by atoms with Gasteiger partial charge < -0.3 is 10.4 Å². The number of hydrogen-bond acceptors (Lipinski definition) is 2. The second kappa shape index (κ2) is 4.32. The minimum atomic E-state index is 0.265. The van der Waals surface area contributed by atoms with Crippen molar-refractivity contribution in [1.29, 1.82) is 0 Å². The molecule has 1 aromatic carbocycles. The minimum absolute atomic E-state index is 0.265. The van der Waals surface area contributed by atoms with Crippen molar-refractivity contribution < 1.29 is 5.11 Å². The van der Waals surface area contributed by atoms with E-state index < -0.39 is 0 Å². The normalized spacial score (nSPS) is 20.0. The lowest BCUT2D eigenvalue weighted by atomic mass is 9.97. The van der Waals surface area contributed by atoms with Crippen LogP contribution in [0.3, 0.4) is 0 Å². The zero-order valence-electron chi connectivity index (χ0n) is 7.96. The summed E-state index contributed by atoms with van der Waals surface area (Å²) in [6, 6.07) is 6.77. The third-order valence-corrected chi connectivity index (χ3v) is 3.16. The highest BCUT2D eigenvalue weighted by atomic mass is 79.9. The van der Waals surface area contributed by atoms with Crippen molar-refractivity contribution in [2.45, 2.75) is 25.3 Å². The Bertz CT molecular complexity index is 327. The zero-order chi connectivity index (χ0) is 9.97. The number of aryl methyl sites for hydroxylation is 1. The molecule has 76 valence electrons. The smallest absolute Gasteiger partial charge is 0.0450 e. The van der Waals surface area contributed by atoms with Gasteiger partial charge in [-0.25, -0.2) is 0 Å². The van der Waals surface area contributed by atoms with E-state index in [4.69, 9.17) is 5.11 Å². The standard InChI is InChI=1S/C11H14BrNO/c12-9-3-1-8-2-4-10(5-6-14)13-11(8)7-9/h1,3,7,10,13-14H,2,4-6H2/t10-/m1/s1. The molecule has 0 bridgehead atoms. The van der Waals surface area contributed by atoms with E-state index in [0.717, 1.165) is 23.7 Å².